The predicted molar refractivity (Wildman–Crippen MR) is 203 cm³/mol. The molecule has 0 unspecified atom stereocenters. The largest absolute Gasteiger partial charge is 0.506 e. The first-order valence-corrected chi connectivity index (χ1v) is 19.5. The second kappa shape index (κ2) is 14.1. The number of nitrogens with one attached hydrogen (secondary N) is 1. The lowest BCUT2D eigenvalue weighted by atomic mass is 9.96. The summed E-state index contributed by atoms with van der Waals surface area (Å²) in [5.74, 6) is -0.527. The van der Waals surface area contributed by atoms with E-state index in [-0.39, 0.29) is 61.0 Å². The molecule has 0 atom stereocenters. The van der Waals surface area contributed by atoms with E-state index in [0.29, 0.717) is 30.4 Å². The number of nitrogens with zero attached hydrogens (tertiary/aromatic N) is 1. The van der Waals surface area contributed by atoms with Crippen molar-refractivity contribution in [2.75, 3.05) is 5.32 Å². The van der Waals surface area contributed by atoms with E-state index in [9.17, 15) is 45.4 Å². The number of carbonyl (C=O) groups excluding carboxylic acids is 1. The van der Waals surface area contributed by atoms with Crippen LogP contribution in [-0.2, 0) is 26.7 Å². The fraction of sp³-hybridized carbons (Fsp3) is 0.100. The second-order valence-electron chi connectivity index (χ2n) is 12.7. The minimum Gasteiger partial charge on any atom is -0.506 e. The van der Waals surface area contributed by atoms with Gasteiger partial charge in [0.05, 0.1) is 27.5 Å². The minimum absolute atomic E-state index is 0.0263. The molecule has 0 fully saturated rings. The molecule has 1 aliphatic heterocycles. The summed E-state index contributed by atoms with van der Waals surface area (Å²) in [4.78, 5) is 43.2. The van der Waals surface area contributed by atoms with E-state index < -0.39 is 52.3 Å². The normalized spacial score (nSPS) is 12.7. The number of anilines is 2. The molecule has 14 heteroatoms. The van der Waals surface area contributed by atoms with Crippen molar-refractivity contribution in [3.05, 3.63) is 162 Å². The summed E-state index contributed by atoms with van der Waals surface area (Å²) in [6.45, 7) is 0. The van der Waals surface area contributed by atoms with Crippen LogP contribution in [0.3, 0.4) is 0 Å². The Morgan fingerprint density at radius 3 is 1.93 bits per heavy atom. The summed E-state index contributed by atoms with van der Waals surface area (Å²) in [6, 6.07) is 27.9. The molecule has 12 nitrogen and oxygen atoms in total. The van der Waals surface area contributed by atoms with Gasteiger partial charge in [-0.3, -0.25) is 23.5 Å². The number of aliphatic hydroxyl groups is 1. The number of hydrogen-bond donors (Lipinski definition) is 4. The van der Waals surface area contributed by atoms with Crippen molar-refractivity contribution in [1.29, 1.82) is 0 Å². The number of fused-ring (bicyclic) bond motifs is 2. The Kier molecular flexibility index (Phi) is 9.45. The zero-order valence-corrected chi connectivity index (χ0v) is 29.8. The Labute approximate surface area is 307 Å². The van der Waals surface area contributed by atoms with Gasteiger partial charge in [-0.15, -0.1) is 0 Å². The number of aryl methyl sites for hydroxylation is 1. The van der Waals surface area contributed by atoms with Crippen LogP contribution in [0.25, 0.3) is 27.4 Å². The number of aromatic nitrogens is 1. The zero-order valence-electron chi connectivity index (χ0n) is 28.2. The number of unbranched alkanes of at least 4 members (excludes halogenated alkanes) is 1. The summed E-state index contributed by atoms with van der Waals surface area (Å²) >= 11 is 0. The highest BCUT2D eigenvalue weighted by Crippen LogP contribution is 2.34. The van der Waals surface area contributed by atoms with Gasteiger partial charge >= 0.3 is 0 Å². The molecule has 5 aromatic rings. The van der Waals surface area contributed by atoms with Gasteiger partial charge in [0, 0.05) is 33.4 Å². The third-order valence-corrected chi connectivity index (χ3v) is 11.0. The van der Waals surface area contributed by atoms with Crippen LogP contribution in [0.5, 0.6) is 0 Å². The van der Waals surface area contributed by atoms with Gasteiger partial charge in [-0.1, -0.05) is 91.0 Å². The molecule has 54 heavy (non-hydrogen) atoms. The van der Waals surface area contributed by atoms with Crippen molar-refractivity contribution in [2.24, 2.45) is 0 Å². The van der Waals surface area contributed by atoms with Gasteiger partial charge < -0.3 is 10.4 Å². The third-order valence-electron chi connectivity index (χ3n) is 9.23. The molecule has 4 N–H and O–H groups in total. The maximum absolute atomic E-state index is 14.4. The van der Waals surface area contributed by atoms with E-state index in [2.05, 4.69) is 10.3 Å². The lowest BCUT2D eigenvalue weighted by Gasteiger charge is -2.17. The summed E-state index contributed by atoms with van der Waals surface area (Å²) in [6.07, 6.45) is 1.71. The summed E-state index contributed by atoms with van der Waals surface area (Å²) in [5.41, 5.74) is -1.36. The summed E-state index contributed by atoms with van der Waals surface area (Å²) in [5, 5.41) is 13.8. The van der Waals surface area contributed by atoms with E-state index in [1.165, 1.54) is 24.3 Å². The van der Waals surface area contributed by atoms with Crippen molar-refractivity contribution >= 4 is 64.8 Å². The Balaban J connectivity index is 1.46. The van der Waals surface area contributed by atoms with Crippen molar-refractivity contribution < 1.29 is 35.8 Å². The molecule has 0 spiro atoms. The Bertz CT molecular complexity index is 3090. The first-order valence-electron chi connectivity index (χ1n) is 16.6. The molecular weight excluding hydrogens is 733 g/mol. The molecule has 272 valence electrons. The lowest BCUT2D eigenvalue weighted by molar-refractivity contribution is 0.0979. The van der Waals surface area contributed by atoms with E-state index in [4.69, 9.17) is 0 Å². The van der Waals surface area contributed by atoms with Crippen LogP contribution in [0.15, 0.2) is 129 Å². The van der Waals surface area contributed by atoms with Gasteiger partial charge in [0.15, 0.2) is 11.2 Å². The van der Waals surface area contributed by atoms with Gasteiger partial charge in [-0.05, 0) is 48.4 Å². The van der Waals surface area contributed by atoms with Crippen LogP contribution >= 0.6 is 0 Å². The number of carbonyl (C=O) groups is 1. The van der Waals surface area contributed by atoms with Crippen LogP contribution < -0.4 is 21.5 Å². The Hall–Kier alpha value is -6.06. The highest BCUT2D eigenvalue weighted by atomic mass is 32.2. The highest BCUT2D eigenvalue weighted by Gasteiger charge is 2.26. The van der Waals surface area contributed by atoms with Crippen molar-refractivity contribution in [3.8, 4) is 0 Å². The van der Waals surface area contributed by atoms with Crippen LogP contribution in [-0.4, -0.2) is 41.8 Å². The average Bonchev–Trinajstić information content (AvgIpc) is 3.15. The topological polar surface area (TPSA) is 205 Å². The number of benzene rings is 5. The zero-order chi connectivity index (χ0) is 38.4. The Morgan fingerprint density at radius 1 is 0.667 bits per heavy atom. The number of ketones is 1. The minimum atomic E-state index is -5.16. The van der Waals surface area contributed by atoms with Gasteiger partial charge in [0.25, 0.3) is 25.8 Å². The highest BCUT2D eigenvalue weighted by molar-refractivity contribution is 7.86. The van der Waals surface area contributed by atoms with E-state index in [1.54, 1.807) is 66.7 Å². The quantitative estimate of drug-likeness (QED) is 0.0729. The number of hydrogen-bond acceptors (Lipinski definition) is 10. The smallest absolute Gasteiger partial charge is 0.296 e. The van der Waals surface area contributed by atoms with Crippen LogP contribution in [0.1, 0.15) is 40.7 Å². The maximum atomic E-state index is 14.4. The first kappa shape index (κ1) is 36.3. The number of aliphatic hydroxyl groups excluding tert-OH is 1. The molecule has 0 bridgehead atoms. The Morgan fingerprint density at radius 2 is 1.28 bits per heavy atom. The molecule has 0 saturated carbocycles. The monoisotopic (exact) mass is 762 g/mol. The molecular formula is C40H30N2O10S2. The SMILES string of the molecule is O=C(CCCCc1ccc(S(=O)(=O)O)c(Nc2cc(S(=O)(=O)O)c3nc(=O)c(=C(O)c4ccccc4)c4c5ccccc5c(=O)c2c3=4)c1)c1ccccc1. The fourth-order valence-electron chi connectivity index (χ4n) is 6.77. The first-order chi connectivity index (χ1) is 25.7. The van der Waals surface area contributed by atoms with Gasteiger partial charge in [0.2, 0.25) is 0 Å². The van der Waals surface area contributed by atoms with Crippen molar-refractivity contribution in [3.63, 3.8) is 0 Å². The number of rotatable bonds is 11. The molecule has 0 amide bonds. The third kappa shape index (κ3) is 6.78. The standard InChI is InChI=1S/C40H30N2O10S2/c43-30(24-12-3-1-4-13-24)18-10-7-11-23-19-20-31(53(47,48)49)28(21-23)41-29-22-32(54(50,51)52)37-35-33(26-16-8-9-17-27(26)39(45)34(29)35)36(40(46)42-37)38(44)25-14-5-2-6-15-25/h1-6,8-9,12-17,19-22,41,44H,7,10-11,18H2,(H,47,48,49)(H,50,51,52). The molecule has 0 saturated heterocycles. The van der Waals surface area contributed by atoms with Crippen molar-refractivity contribution in [1.82, 2.24) is 4.98 Å². The molecule has 2 aliphatic rings. The molecule has 5 aromatic carbocycles. The van der Waals surface area contributed by atoms with Gasteiger partial charge in [0.1, 0.15) is 15.6 Å². The van der Waals surface area contributed by atoms with Gasteiger partial charge in [-0.25, -0.2) is 4.98 Å². The molecule has 1 aliphatic carbocycles. The molecule has 0 radical (unpaired) electrons. The second-order valence-corrected chi connectivity index (χ2v) is 15.5. The van der Waals surface area contributed by atoms with Crippen LogP contribution in [0.4, 0.5) is 11.4 Å². The van der Waals surface area contributed by atoms with E-state index >= 15 is 0 Å². The summed E-state index contributed by atoms with van der Waals surface area (Å²) in [7, 11) is -10.1. The molecule has 0 aromatic heterocycles. The fourth-order valence-corrected chi connectivity index (χ4v) is 8.06. The maximum Gasteiger partial charge on any atom is 0.296 e. The molecule has 7 rings (SSSR count). The average molecular weight is 763 g/mol. The van der Waals surface area contributed by atoms with Crippen LogP contribution in [0, 0.1) is 10.4 Å². The van der Waals surface area contributed by atoms with Gasteiger partial charge in [-0.2, -0.15) is 16.8 Å². The number of Topliss-reactive ketones (excluding diaryl/α,β-unsaturated/α-hetero) is 1. The van der Waals surface area contributed by atoms with E-state index in [0.717, 1.165) is 12.1 Å². The predicted octanol–water partition coefficient (Wildman–Crippen LogP) is 5.54. The lowest BCUT2D eigenvalue weighted by Crippen LogP contribution is -2.33. The van der Waals surface area contributed by atoms with E-state index in [1.807, 2.05) is 6.07 Å². The molecule has 1 heterocycles. The summed E-state index contributed by atoms with van der Waals surface area (Å²) < 4.78 is 71.6. The van der Waals surface area contributed by atoms with Crippen molar-refractivity contribution in [2.45, 2.75) is 35.5 Å². The van der Waals surface area contributed by atoms with Crippen LogP contribution in [0.2, 0.25) is 0 Å².